The summed E-state index contributed by atoms with van der Waals surface area (Å²) >= 11 is 11.9. The number of benzene rings is 3. The Bertz CT molecular complexity index is 1220. The third-order valence-electron chi connectivity index (χ3n) is 4.50. The molecule has 2 N–H and O–H groups in total. The van der Waals surface area contributed by atoms with Crippen LogP contribution < -0.4 is 19.5 Å². The number of hydrogen-bond donors (Lipinski definition) is 2. The van der Waals surface area contributed by atoms with Crippen molar-refractivity contribution in [2.45, 2.75) is 17.7 Å². The van der Waals surface area contributed by atoms with Crippen molar-refractivity contribution in [1.29, 1.82) is 0 Å². The molecule has 0 radical (unpaired) electrons. The van der Waals surface area contributed by atoms with E-state index in [0.29, 0.717) is 45.9 Å². The molecule has 0 spiro atoms. The number of amides is 1. The third kappa shape index (κ3) is 7.02. The van der Waals surface area contributed by atoms with E-state index in [1.54, 1.807) is 42.5 Å². The second-order valence-corrected chi connectivity index (χ2v) is 9.43. The molecule has 0 bridgehead atoms. The Morgan fingerprint density at radius 2 is 1.70 bits per heavy atom. The number of ether oxygens (including phenoxy) is 2. The van der Waals surface area contributed by atoms with E-state index < -0.39 is 10.0 Å². The van der Waals surface area contributed by atoms with E-state index in [-0.39, 0.29) is 17.2 Å². The molecule has 174 valence electrons. The van der Waals surface area contributed by atoms with Crippen molar-refractivity contribution in [3.8, 4) is 11.5 Å². The normalized spacial score (nSPS) is 11.0. The van der Waals surface area contributed by atoms with Gasteiger partial charge in [0, 0.05) is 17.1 Å². The van der Waals surface area contributed by atoms with Gasteiger partial charge >= 0.3 is 0 Å². The minimum atomic E-state index is -3.82. The van der Waals surface area contributed by atoms with Gasteiger partial charge in [0.05, 0.1) is 29.3 Å². The van der Waals surface area contributed by atoms with Crippen LogP contribution in [0.4, 0.5) is 11.4 Å². The quantitative estimate of drug-likeness (QED) is 0.347. The highest BCUT2D eigenvalue weighted by atomic mass is 35.5. The largest absolute Gasteiger partial charge is 0.495 e. The number of halogens is 2. The standard InChI is InChI=1S/C23H22Cl2N2O5S/c1-31-22-6-3-2-5-20(22)27-33(29,30)18-11-9-17(10-12-18)26-23(28)7-4-14-32-21-13-8-16(24)15-19(21)25/h2-3,5-6,8-13,15,27H,4,7,14H2,1H3,(H,26,28). The van der Waals surface area contributed by atoms with Gasteiger partial charge in [-0.3, -0.25) is 9.52 Å². The summed E-state index contributed by atoms with van der Waals surface area (Å²) in [5.41, 5.74) is 0.817. The van der Waals surface area contributed by atoms with E-state index in [1.165, 1.54) is 31.4 Å². The number of para-hydroxylation sites is 2. The molecule has 3 aromatic carbocycles. The van der Waals surface area contributed by atoms with Gasteiger partial charge < -0.3 is 14.8 Å². The molecule has 7 nitrogen and oxygen atoms in total. The Balaban J connectivity index is 1.50. The van der Waals surface area contributed by atoms with E-state index in [0.717, 1.165) is 0 Å². The van der Waals surface area contributed by atoms with Crippen molar-refractivity contribution in [2.24, 2.45) is 0 Å². The fourth-order valence-corrected chi connectivity index (χ4v) is 4.41. The first-order valence-corrected chi connectivity index (χ1v) is 12.2. The van der Waals surface area contributed by atoms with Crippen molar-refractivity contribution in [1.82, 2.24) is 0 Å². The average Bonchev–Trinajstić information content (AvgIpc) is 2.78. The lowest BCUT2D eigenvalue weighted by molar-refractivity contribution is -0.116. The molecule has 3 rings (SSSR count). The van der Waals surface area contributed by atoms with Gasteiger partial charge in [0.15, 0.2) is 0 Å². The first-order chi connectivity index (χ1) is 15.8. The van der Waals surface area contributed by atoms with E-state index in [2.05, 4.69) is 10.0 Å². The van der Waals surface area contributed by atoms with Gasteiger partial charge in [0.25, 0.3) is 10.0 Å². The van der Waals surface area contributed by atoms with Gasteiger partial charge in [-0.1, -0.05) is 35.3 Å². The first kappa shape index (κ1) is 24.7. The number of anilines is 2. The molecule has 10 heteroatoms. The number of hydrogen-bond acceptors (Lipinski definition) is 5. The highest BCUT2D eigenvalue weighted by Crippen LogP contribution is 2.28. The molecule has 33 heavy (non-hydrogen) atoms. The molecule has 0 aliphatic heterocycles. The highest BCUT2D eigenvalue weighted by molar-refractivity contribution is 7.92. The number of carbonyl (C=O) groups is 1. The molecule has 0 saturated heterocycles. The fourth-order valence-electron chi connectivity index (χ4n) is 2.88. The second kappa shape index (κ2) is 11.3. The molecular formula is C23H22Cl2N2O5S. The molecule has 0 unspecified atom stereocenters. The van der Waals surface area contributed by atoms with Gasteiger partial charge in [-0.15, -0.1) is 0 Å². The maximum Gasteiger partial charge on any atom is 0.262 e. The van der Waals surface area contributed by atoms with Crippen molar-refractivity contribution in [3.05, 3.63) is 76.8 Å². The van der Waals surface area contributed by atoms with Crippen LogP contribution in [0.15, 0.2) is 71.6 Å². The molecule has 1 amide bonds. The summed E-state index contributed by atoms with van der Waals surface area (Å²) in [5.74, 6) is 0.691. The molecule has 0 aliphatic carbocycles. The number of nitrogens with one attached hydrogen (secondary N) is 2. The van der Waals surface area contributed by atoms with Crippen molar-refractivity contribution < 1.29 is 22.7 Å². The van der Waals surface area contributed by atoms with Crippen LogP contribution in [0.2, 0.25) is 10.0 Å². The molecule has 0 fully saturated rings. The topological polar surface area (TPSA) is 93.7 Å². The van der Waals surface area contributed by atoms with Crippen LogP contribution in [0.3, 0.4) is 0 Å². The zero-order valence-electron chi connectivity index (χ0n) is 17.7. The van der Waals surface area contributed by atoms with Crippen LogP contribution in [0.5, 0.6) is 11.5 Å². The van der Waals surface area contributed by atoms with Crippen LogP contribution in [-0.4, -0.2) is 28.0 Å². The molecule has 0 atom stereocenters. The molecule has 0 saturated carbocycles. The molecule has 3 aromatic rings. The Kier molecular flexibility index (Phi) is 8.43. The van der Waals surface area contributed by atoms with Crippen molar-refractivity contribution >= 4 is 50.5 Å². The molecule has 0 aromatic heterocycles. The second-order valence-electron chi connectivity index (χ2n) is 6.91. The smallest absolute Gasteiger partial charge is 0.262 e. The predicted molar refractivity (Wildman–Crippen MR) is 130 cm³/mol. The Morgan fingerprint density at radius 1 is 0.970 bits per heavy atom. The molecular weight excluding hydrogens is 487 g/mol. The van der Waals surface area contributed by atoms with Gasteiger partial charge in [0.2, 0.25) is 5.91 Å². The van der Waals surface area contributed by atoms with Gasteiger partial charge in [-0.25, -0.2) is 8.42 Å². The maximum atomic E-state index is 12.7. The van der Waals surface area contributed by atoms with Gasteiger partial charge in [0.1, 0.15) is 11.5 Å². The Labute approximate surface area is 202 Å². The maximum absolute atomic E-state index is 12.7. The number of rotatable bonds is 10. The van der Waals surface area contributed by atoms with E-state index in [9.17, 15) is 13.2 Å². The lowest BCUT2D eigenvalue weighted by Gasteiger charge is -2.12. The van der Waals surface area contributed by atoms with Gasteiger partial charge in [-0.2, -0.15) is 0 Å². The zero-order chi connectivity index (χ0) is 23.8. The Morgan fingerprint density at radius 3 is 2.39 bits per heavy atom. The summed E-state index contributed by atoms with van der Waals surface area (Å²) in [4.78, 5) is 12.2. The van der Waals surface area contributed by atoms with E-state index in [4.69, 9.17) is 32.7 Å². The fraction of sp³-hybridized carbons (Fsp3) is 0.174. The van der Waals surface area contributed by atoms with Crippen molar-refractivity contribution in [3.63, 3.8) is 0 Å². The van der Waals surface area contributed by atoms with Crippen LogP contribution in [0.25, 0.3) is 0 Å². The van der Waals surface area contributed by atoms with Crippen LogP contribution in [0, 0.1) is 0 Å². The number of carbonyl (C=O) groups excluding carboxylic acids is 1. The van der Waals surface area contributed by atoms with Crippen LogP contribution in [0.1, 0.15) is 12.8 Å². The summed E-state index contributed by atoms with van der Waals surface area (Å²) in [5, 5.41) is 3.65. The summed E-state index contributed by atoms with van der Waals surface area (Å²) in [6, 6.07) is 17.5. The summed E-state index contributed by atoms with van der Waals surface area (Å²) in [6.45, 7) is 0.306. The lowest BCUT2D eigenvalue weighted by atomic mass is 10.2. The minimum absolute atomic E-state index is 0.0552. The SMILES string of the molecule is COc1ccccc1NS(=O)(=O)c1ccc(NC(=O)CCCOc2ccc(Cl)cc2Cl)cc1. The lowest BCUT2D eigenvalue weighted by Crippen LogP contribution is -2.15. The summed E-state index contributed by atoms with van der Waals surface area (Å²) in [6.07, 6.45) is 0.695. The molecule has 0 heterocycles. The van der Waals surface area contributed by atoms with Crippen LogP contribution in [-0.2, 0) is 14.8 Å². The number of methoxy groups -OCH3 is 1. The first-order valence-electron chi connectivity index (χ1n) is 9.92. The highest BCUT2D eigenvalue weighted by Gasteiger charge is 2.16. The summed E-state index contributed by atoms with van der Waals surface area (Å²) < 4.78 is 38.5. The average molecular weight is 509 g/mol. The monoisotopic (exact) mass is 508 g/mol. The molecule has 0 aliphatic rings. The van der Waals surface area contributed by atoms with Crippen LogP contribution >= 0.6 is 23.2 Å². The third-order valence-corrected chi connectivity index (χ3v) is 6.41. The van der Waals surface area contributed by atoms with Crippen molar-refractivity contribution in [2.75, 3.05) is 23.8 Å². The minimum Gasteiger partial charge on any atom is -0.495 e. The predicted octanol–water partition coefficient (Wildman–Crippen LogP) is 5.60. The zero-order valence-corrected chi connectivity index (χ0v) is 20.0. The Hall–Kier alpha value is -2.94. The number of sulfonamides is 1. The van der Waals surface area contributed by atoms with E-state index in [1.807, 2.05) is 0 Å². The summed E-state index contributed by atoms with van der Waals surface area (Å²) in [7, 11) is -2.36. The van der Waals surface area contributed by atoms with E-state index >= 15 is 0 Å². The van der Waals surface area contributed by atoms with Gasteiger partial charge in [-0.05, 0) is 61.0 Å².